The monoisotopic (exact) mass is 348 g/mol. The summed E-state index contributed by atoms with van der Waals surface area (Å²) in [5.74, 6) is 0.225. The largest absolute Gasteiger partial charge is 0.355 e. The van der Waals surface area contributed by atoms with Crippen LogP contribution < -0.4 is 10.6 Å². The van der Waals surface area contributed by atoms with Gasteiger partial charge in [0.25, 0.3) is 5.91 Å². The van der Waals surface area contributed by atoms with E-state index in [1.165, 1.54) is 12.1 Å². The molecule has 0 fully saturated rings. The van der Waals surface area contributed by atoms with E-state index in [1.807, 2.05) is 13.2 Å². The van der Waals surface area contributed by atoms with Gasteiger partial charge < -0.3 is 10.6 Å². The van der Waals surface area contributed by atoms with Crippen LogP contribution in [0.5, 0.6) is 0 Å². The number of carbonyl (C=O) groups is 2. The quantitative estimate of drug-likeness (QED) is 0.796. The van der Waals surface area contributed by atoms with Gasteiger partial charge in [0.2, 0.25) is 5.91 Å². The predicted molar refractivity (Wildman–Crippen MR) is 89.4 cm³/mol. The summed E-state index contributed by atoms with van der Waals surface area (Å²) in [7, 11) is 0. The highest BCUT2D eigenvalue weighted by Gasteiger charge is 2.20. The molecule has 2 N–H and O–H groups in total. The van der Waals surface area contributed by atoms with E-state index in [0.717, 1.165) is 5.75 Å². The molecule has 0 saturated carbocycles. The van der Waals surface area contributed by atoms with Gasteiger partial charge in [-0.05, 0) is 43.6 Å². The Morgan fingerprint density at radius 3 is 2.38 bits per heavy atom. The smallest absolute Gasteiger partial charge is 0.252 e. The summed E-state index contributed by atoms with van der Waals surface area (Å²) in [6.45, 7) is 2.36. The van der Waals surface area contributed by atoms with Crippen LogP contribution in [0.25, 0.3) is 0 Å². The van der Waals surface area contributed by atoms with Gasteiger partial charge in [-0.2, -0.15) is 11.8 Å². The summed E-state index contributed by atoms with van der Waals surface area (Å²) >= 11 is 13.4. The lowest BCUT2D eigenvalue weighted by Gasteiger charge is -2.17. The van der Waals surface area contributed by atoms with Crippen molar-refractivity contribution in [2.45, 2.75) is 19.4 Å². The van der Waals surface area contributed by atoms with Crippen molar-refractivity contribution >= 4 is 46.8 Å². The minimum Gasteiger partial charge on any atom is -0.355 e. The Morgan fingerprint density at radius 1 is 1.24 bits per heavy atom. The third kappa shape index (κ3) is 6.16. The van der Waals surface area contributed by atoms with Crippen LogP contribution in [0.1, 0.15) is 23.7 Å². The van der Waals surface area contributed by atoms with Crippen LogP contribution in [-0.4, -0.2) is 36.4 Å². The summed E-state index contributed by atoms with van der Waals surface area (Å²) in [5.41, 5.74) is 0.339. The fraction of sp³-hybridized carbons (Fsp3) is 0.429. The summed E-state index contributed by atoms with van der Waals surface area (Å²) in [6, 6.07) is 4.02. The van der Waals surface area contributed by atoms with Crippen molar-refractivity contribution in [1.82, 2.24) is 10.6 Å². The molecule has 0 saturated heterocycles. The van der Waals surface area contributed by atoms with Crippen LogP contribution in [0.2, 0.25) is 10.0 Å². The Kier molecular flexibility index (Phi) is 7.93. The van der Waals surface area contributed by atoms with E-state index in [0.29, 0.717) is 28.6 Å². The second-order valence-corrected chi connectivity index (χ2v) is 6.22. The van der Waals surface area contributed by atoms with Crippen LogP contribution in [0.4, 0.5) is 0 Å². The Labute approximate surface area is 139 Å². The molecule has 1 atom stereocenters. The summed E-state index contributed by atoms with van der Waals surface area (Å²) in [6.07, 6.45) is 2.51. The number of rotatable bonds is 7. The molecular weight excluding hydrogens is 331 g/mol. The molecule has 0 bridgehead atoms. The topological polar surface area (TPSA) is 58.2 Å². The van der Waals surface area contributed by atoms with Gasteiger partial charge in [-0.3, -0.25) is 9.59 Å². The average molecular weight is 349 g/mol. The summed E-state index contributed by atoms with van der Waals surface area (Å²) < 4.78 is 0. The zero-order valence-corrected chi connectivity index (χ0v) is 14.2. The maximum atomic E-state index is 12.2. The lowest BCUT2D eigenvalue weighted by Crippen LogP contribution is -2.47. The molecule has 1 rings (SSSR count). The molecule has 1 unspecified atom stereocenters. The molecule has 2 amide bonds. The lowest BCUT2D eigenvalue weighted by molar-refractivity contribution is -0.122. The van der Waals surface area contributed by atoms with E-state index in [4.69, 9.17) is 23.2 Å². The molecule has 4 nitrogen and oxygen atoms in total. The second-order valence-electron chi connectivity index (χ2n) is 4.36. The van der Waals surface area contributed by atoms with E-state index in [2.05, 4.69) is 10.6 Å². The molecule has 0 aromatic heterocycles. The van der Waals surface area contributed by atoms with Gasteiger partial charge in [0, 0.05) is 22.2 Å². The van der Waals surface area contributed by atoms with Crippen molar-refractivity contribution in [3.8, 4) is 0 Å². The number of benzene rings is 1. The Balaban J connectivity index is 2.81. The molecule has 0 radical (unpaired) electrons. The molecule has 0 spiro atoms. The first-order chi connectivity index (χ1) is 9.97. The molecule has 116 valence electrons. The maximum absolute atomic E-state index is 12.2. The molecule has 7 heteroatoms. The first kappa shape index (κ1) is 18.1. The number of thioether (sulfide) groups is 1. The van der Waals surface area contributed by atoms with E-state index >= 15 is 0 Å². The van der Waals surface area contributed by atoms with Crippen LogP contribution in [-0.2, 0) is 4.79 Å². The number of nitrogens with one attached hydrogen (secondary N) is 2. The highest BCUT2D eigenvalue weighted by molar-refractivity contribution is 7.98. The van der Waals surface area contributed by atoms with Crippen molar-refractivity contribution in [2.24, 2.45) is 0 Å². The first-order valence-electron chi connectivity index (χ1n) is 6.51. The van der Waals surface area contributed by atoms with Crippen molar-refractivity contribution in [3.63, 3.8) is 0 Å². The third-order valence-electron chi connectivity index (χ3n) is 2.71. The van der Waals surface area contributed by atoms with Crippen LogP contribution in [0, 0.1) is 0 Å². The highest BCUT2D eigenvalue weighted by atomic mass is 35.5. The Hall–Kier alpha value is -0.910. The lowest BCUT2D eigenvalue weighted by atomic mass is 10.1. The van der Waals surface area contributed by atoms with Crippen molar-refractivity contribution in [3.05, 3.63) is 33.8 Å². The number of hydrogen-bond acceptors (Lipinski definition) is 3. The number of carbonyl (C=O) groups excluding carboxylic acids is 2. The van der Waals surface area contributed by atoms with E-state index < -0.39 is 6.04 Å². The van der Waals surface area contributed by atoms with Gasteiger partial charge in [0.15, 0.2) is 0 Å². The fourth-order valence-corrected chi connectivity index (χ4v) is 2.73. The van der Waals surface area contributed by atoms with Crippen LogP contribution in [0.15, 0.2) is 18.2 Å². The molecule has 0 heterocycles. The molecule has 0 aliphatic heterocycles. The number of halogens is 2. The molecule has 21 heavy (non-hydrogen) atoms. The first-order valence-corrected chi connectivity index (χ1v) is 8.66. The molecular formula is C14H18Cl2N2O2S. The van der Waals surface area contributed by atoms with Gasteiger partial charge >= 0.3 is 0 Å². The highest BCUT2D eigenvalue weighted by Crippen LogP contribution is 2.19. The Bertz CT molecular complexity index is 491. The van der Waals surface area contributed by atoms with Gasteiger partial charge in [0.1, 0.15) is 6.04 Å². The summed E-state index contributed by atoms with van der Waals surface area (Å²) in [4.78, 5) is 24.2. The van der Waals surface area contributed by atoms with E-state index in [1.54, 1.807) is 17.8 Å². The number of hydrogen-bond donors (Lipinski definition) is 2. The zero-order valence-electron chi connectivity index (χ0n) is 11.9. The molecule has 0 aliphatic rings. The minimum absolute atomic E-state index is 0.187. The average Bonchev–Trinajstić information content (AvgIpc) is 2.42. The second kappa shape index (κ2) is 9.18. The van der Waals surface area contributed by atoms with Crippen LogP contribution in [0.3, 0.4) is 0 Å². The number of amides is 2. The van der Waals surface area contributed by atoms with E-state index in [-0.39, 0.29) is 11.8 Å². The van der Waals surface area contributed by atoms with Crippen LogP contribution >= 0.6 is 35.0 Å². The van der Waals surface area contributed by atoms with Crippen molar-refractivity contribution in [1.29, 1.82) is 0 Å². The van der Waals surface area contributed by atoms with Gasteiger partial charge in [-0.15, -0.1) is 0 Å². The standard InChI is InChI=1S/C14H18Cl2N2O2S/c1-3-17-14(20)12(4-5-21-2)18-13(19)9-6-10(15)8-11(16)7-9/h6-8,12H,3-5H2,1-2H3,(H,17,20)(H,18,19). The third-order valence-corrected chi connectivity index (χ3v) is 3.79. The Morgan fingerprint density at radius 2 is 1.86 bits per heavy atom. The molecule has 0 aliphatic carbocycles. The zero-order chi connectivity index (χ0) is 15.8. The molecule has 1 aromatic rings. The van der Waals surface area contributed by atoms with Gasteiger partial charge in [-0.1, -0.05) is 23.2 Å². The minimum atomic E-state index is -0.567. The van der Waals surface area contributed by atoms with Gasteiger partial charge in [0.05, 0.1) is 0 Å². The fourth-order valence-electron chi connectivity index (χ4n) is 1.73. The predicted octanol–water partition coefficient (Wildman–Crippen LogP) is 2.98. The number of likely N-dealkylation sites (N-methyl/N-ethyl adjacent to an activating group) is 1. The van der Waals surface area contributed by atoms with Crippen molar-refractivity contribution < 1.29 is 9.59 Å². The maximum Gasteiger partial charge on any atom is 0.252 e. The van der Waals surface area contributed by atoms with Crippen molar-refractivity contribution in [2.75, 3.05) is 18.6 Å². The van der Waals surface area contributed by atoms with Gasteiger partial charge in [-0.25, -0.2) is 0 Å². The normalized spacial score (nSPS) is 11.8. The van der Waals surface area contributed by atoms with E-state index in [9.17, 15) is 9.59 Å². The SMILES string of the molecule is CCNC(=O)C(CCSC)NC(=O)c1cc(Cl)cc(Cl)c1. The molecule has 1 aromatic carbocycles. The summed E-state index contributed by atoms with van der Waals surface area (Å²) in [5, 5.41) is 6.21.